The lowest BCUT2D eigenvalue weighted by molar-refractivity contribution is -0.140. The molecule has 1 heterocycles. The molecule has 4 rings (SSSR count). The number of amides is 2. The van der Waals surface area contributed by atoms with E-state index in [1.54, 1.807) is 38.4 Å². The van der Waals surface area contributed by atoms with Gasteiger partial charge in [0.1, 0.15) is 11.8 Å². The Balaban J connectivity index is 1.60. The fourth-order valence-corrected chi connectivity index (χ4v) is 5.03. The average molecular weight is 576 g/mol. The normalized spacial score (nSPS) is 14.1. The molecule has 0 spiro atoms. The van der Waals surface area contributed by atoms with Gasteiger partial charge < -0.3 is 29.2 Å². The molecule has 0 bridgehead atoms. The predicted molar refractivity (Wildman–Crippen MR) is 161 cm³/mol. The molecule has 0 radical (unpaired) electrons. The lowest BCUT2D eigenvalue weighted by Crippen LogP contribution is -2.52. The molecule has 224 valence electrons. The molecule has 1 aliphatic rings. The van der Waals surface area contributed by atoms with Gasteiger partial charge in [-0.2, -0.15) is 0 Å². The third-order valence-corrected chi connectivity index (χ3v) is 7.42. The Labute approximate surface area is 248 Å². The van der Waals surface area contributed by atoms with Gasteiger partial charge in [-0.05, 0) is 41.0 Å². The van der Waals surface area contributed by atoms with Crippen LogP contribution in [0.2, 0.25) is 0 Å². The van der Waals surface area contributed by atoms with Crippen molar-refractivity contribution < 1.29 is 28.5 Å². The van der Waals surface area contributed by atoms with Gasteiger partial charge in [-0.3, -0.25) is 14.5 Å². The first kappa shape index (κ1) is 30.9. The maximum Gasteiger partial charge on any atom is 0.243 e. The second-order valence-electron chi connectivity index (χ2n) is 10.2. The number of benzene rings is 3. The van der Waals surface area contributed by atoms with Gasteiger partial charge >= 0.3 is 0 Å². The summed E-state index contributed by atoms with van der Waals surface area (Å²) in [7, 11) is 4.76. The van der Waals surface area contributed by atoms with E-state index in [1.807, 2.05) is 60.7 Å². The van der Waals surface area contributed by atoms with E-state index in [-0.39, 0.29) is 24.8 Å². The van der Waals surface area contributed by atoms with Gasteiger partial charge in [0.25, 0.3) is 0 Å². The zero-order chi connectivity index (χ0) is 29.7. The smallest absolute Gasteiger partial charge is 0.243 e. The molecule has 0 aliphatic carbocycles. The van der Waals surface area contributed by atoms with Gasteiger partial charge in [0, 0.05) is 39.1 Å². The maximum absolute atomic E-state index is 14.1. The number of ether oxygens (including phenoxy) is 4. The molecule has 9 heteroatoms. The van der Waals surface area contributed by atoms with Crippen LogP contribution in [-0.4, -0.2) is 88.4 Å². The maximum atomic E-state index is 14.1. The summed E-state index contributed by atoms with van der Waals surface area (Å²) in [6, 6.07) is 22.1. The van der Waals surface area contributed by atoms with Crippen molar-refractivity contribution in [2.45, 2.75) is 25.4 Å². The molecule has 0 unspecified atom stereocenters. The van der Waals surface area contributed by atoms with Gasteiger partial charge in [-0.15, -0.1) is 0 Å². The summed E-state index contributed by atoms with van der Waals surface area (Å²) >= 11 is 0. The van der Waals surface area contributed by atoms with Crippen molar-refractivity contribution in [3.63, 3.8) is 0 Å². The molecule has 3 aromatic carbocycles. The van der Waals surface area contributed by atoms with E-state index in [2.05, 4.69) is 10.2 Å². The molecular weight excluding hydrogens is 534 g/mol. The Morgan fingerprint density at radius 1 is 0.857 bits per heavy atom. The number of nitrogens with zero attached hydrogens (tertiary/aromatic N) is 2. The number of hydrogen-bond donors (Lipinski definition) is 1. The monoisotopic (exact) mass is 575 g/mol. The van der Waals surface area contributed by atoms with Crippen LogP contribution in [0.5, 0.6) is 17.2 Å². The van der Waals surface area contributed by atoms with E-state index in [1.165, 1.54) is 0 Å². The second-order valence-corrected chi connectivity index (χ2v) is 10.2. The summed E-state index contributed by atoms with van der Waals surface area (Å²) in [5, 5.41) is 3.12. The second kappa shape index (κ2) is 15.8. The molecular formula is C33H41N3O6. The summed E-state index contributed by atoms with van der Waals surface area (Å²) < 4.78 is 21.6. The number of nitrogens with one attached hydrogen (secondary N) is 1. The van der Waals surface area contributed by atoms with Crippen molar-refractivity contribution in [1.29, 1.82) is 0 Å². The summed E-state index contributed by atoms with van der Waals surface area (Å²) in [6.45, 7) is 4.57. The zero-order valence-corrected chi connectivity index (χ0v) is 24.7. The van der Waals surface area contributed by atoms with Gasteiger partial charge in [-0.25, -0.2) is 0 Å². The van der Waals surface area contributed by atoms with Gasteiger partial charge in [0.05, 0.1) is 41.0 Å². The summed E-state index contributed by atoms with van der Waals surface area (Å²) in [6.07, 6.45) is 0.487. The Hall–Kier alpha value is -4.08. The van der Waals surface area contributed by atoms with Crippen LogP contribution in [0.1, 0.15) is 16.7 Å². The highest BCUT2D eigenvalue weighted by Gasteiger charge is 2.30. The SMILES string of the molecule is COc1ccc(CN(C(=O)Cc2ccc(OC)c(OC)c2)[C@H](Cc2ccccc2)C(=O)NCCN2CCOCC2)cc1. The molecule has 0 aromatic heterocycles. The first-order chi connectivity index (χ1) is 20.5. The van der Waals surface area contributed by atoms with E-state index >= 15 is 0 Å². The Bertz CT molecular complexity index is 1280. The molecule has 0 saturated carbocycles. The predicted octanol–water partition coefficient (Wildman–Crippen LogP) is 3.34. The van der Waals surface area contributed by atoms with Crippen LogP contribution in [0, 0.1) is 0 Å². The Morgan fingerprint density at radius 3 is 2.21 bits per heavy atom. The Morgan fingerprint density at radius 2 is 1.55 bits per heavy atom. The highest BCUT2D eigenvalue weighted by molar-refractivity contribution is 5.89. The minimum Gasteiger partial charge on any atom is -0.497 e. The number of carbonyl (C=O) groups is 2. The quantitative estimate of drug-likeness (QED) is 0.315. The van der Waals surface area contributed by atoms with Gasteiger partial charge in [0.2, 0.25) is 11.8 Å². The highest BCUT2D eigenvalue weighted by atomic mass is 16.5. The number of carbonyl (C=O) groups excluding carboxylic acids is 2. The van der Waals surface area contributed by atoms with Crippen LogP contribution in [0.4, 0.5) is 0 Å². The van der Waals surface area contributed by atoms with Crippen LogP contribution in [-0.2, 0) is 33.7 Å². The molecule has 1 N–H and O–H groups in total. The van der Waals surface area contributed by atoms with E-state index in [0.717, 1.165) is 42.1 Å². The van der Waals surface area contributed by atoms with Crippen molar-refractivity contribution in [2.24, 2.45) is 0 Å². The minimum atomic E-state index is -0.716. The first-order valence-electron chi connectivity index (χ1n) is 14.3. The molecule has 9 nitrogen and oxygen atoms in total. The van der Waals surface area contributed by atoms with E-state index in [0.29, 0.717) is 37.7 Å². The third-order valence-electron chi connectivity index (χ3n) is 7.42. The first-order valence-corrected chi connectivity index (χ1v) is 14.3. The fourth-order valence-electron chi connectivity index (χ4n) is 5.03. The minimum absolute atomic E-state index is 0.100. The Kier molecular flexibility index (Phi) is 11.6. The number of rotatable bonds is 14. The molecule has 3 aromatic rings. The van der Waals surface area contributed by atoms with Crippen molar-refractivity contribution in [3.8, 4) is 17.2 Å². The molecule has 1 fully saturated rings. The lowest BCUT2D eigenvalue weighted by atomic mass is 10.0. The summed E-state index contributed by atoms with van der Waals surface area (Å²) in [5.74, 6) is 1.52. The summed E-state index contributed by atoms with van der Waals surface area (Å²) in [4.78, 5) is 31.9. The molecule has 1 atom stereocenters. The van der Waals surface area contributed by atoms with Crippen LogP contribution in [0.3, 0.4) is 0 Å². The molecule has 42 heavy (non-hydrogen) atoms. The molecule has 2 amide bonds. The number of methoxy groups -OCH3 is 3. The van der Waals surface area contributed by atoms with Crippen molar-refractivity contribution in [3.05, 3.63) is 89.5 Å². The lowest BCUT2D eigenvalue weighted by Gasteiger charge is -2.32. The third kappa shape index (κ3) is 8.71. The largest absolute Gasteiger partial charge is 0.497 e. The van der Waals surface area contributed by atoms with Crippen molar-refractivity contribution >= 4 is 11.8 Å². The topological polar surface area (TPSA) is 89.6 Å². The average Bonchev–Trinajstić information content (AvgIpc) is 3.03. The van der Waals surface area contributed by atoms with E-state index in [9.17, 15) is 9.59 Å². The molecule has 1 aliphatic heterocycles. The van der Waals surface area contributed by atoms with E-state index in [4.69, 9.17) is 18.9 Å². The van der Waals surface area contributed by atoms with Gasteiger partial charge in [-0.1, -0.05) is 48.5 Å². The van der Waals surface area contributed by atoms with Crippen LogP contribution < -0.4 is 19.5 Å². The number of hydrogen-bond acceptors (Lipinski definition) is 7. The summed E-state index contributed by atoms with van der Waals surface area (Å²) in [5.41, 5.74) is 2.64. The fraction of sp³-hybridized carbons (Fsp3) is 0.394. The van der Waals surface area contributed by atoms with Crippen LogP contribution in [0.25, 0.3) is 0 Å². The van der Waals surface area contributed by atoms with Crippen molar-refractivity contribution in [1.82, 2.24) is 15.1 Å². The highest BCUT2D eigenvalue weighted by Crippen LogP contribution is 2.28. The zero-order valence-electron chi connectivity index (χ0n) is 24.7. The van der Waals surface area contributed by atoms with Crippen molar-refractivity contribution in [2.75, 3.05) is 60.7 Å². The standard InChI is InChI=1S/C33H41N3O6/c1-39-28-12-9-26(10-13-28)24-36(32(37)23-27-11-14-30(40-2)31(22-27)41-3)29(21-25-7-5-4-6-8-25)33(38)34-15-16-35-17-19-42-20-18-35/h4-14,22,29H,15-21,23-24H2,1-3H3,(H,34,38)/t29-/m1/s1. The van der Waals surface area contributed by atoms with Crippen LogP contribution in [0.15, 0.2) is 72.8 Å². The number of morpholine rings is 1. The van der Waals surface area contributed by atoms with Crippen LogP contribution >= 0.6 is 0 Å². The van der Waals surface area contributed by atoms with Gasteiger partial charge in [0.15, 0.2) is 11.5 Å². The van der Waals surface area contributed by atoms with E-state index < -0.39 is 6.04 Å². The molecule has 1 saturated heterocycles.